The van der Waals surface area contributed by atoms with Crippen molar-refractivity contribution in [1.29, 1.82) is 0 Å². The number of nitrogens with zero attached hydrogens (tertiary/aromatic N) is 1. The molecule has 1 rings (SSSR count). The summed E-state index contributed by atoms with van der Waals surface area (Å²) < 4.78 is 17.2. The Labute approximate surface area is 337 Å². The van der Waals surface area contributed by atoms with Gasteiger partial charge >= 0.3 is 11.9 Å². The number of amides is 1. The lowest BCUT2D eigenvalue weighted by Gasteiger charge is -2.26. The molecule has 0 aliphatic carbocycles. The maximum absolute atomic E-state index is 13.7. The fraction of sp³-hybridized carbons (Fsp3) is 0.933. The van der Waals surface area contributed by atoms with E-state index in [0.717, 1.165) is 77.8 Å². The quantitative estimate of drug-likeness (QED) is 0.0487. The first kappa shape index (κ1) is 50.7. The molecule has 1 amide bonds. The van der Waals surface area contributed by atoms with Crippen molar-refractivity contribution in [3.63, 3.8) is 0 Å². The van der Waals surface area contributed by atoms with Crippen LogP contribution >= 0.6 is 11.8 Å². The van der Waals surface area contributed by atoms with Crippen molar-refractivity contribution in [2.45, 2.75) is 207 Å². The molecule has 1 aliphatic heterocycles. The number of nitrogens with one attached hydrogen (secondary N) is 1. The van der Waals surface area contributed by atoms with Gasteiger partial charge in [-0.05, 0) is 45.1 Å². The van der Waals surface area contributed by atoms with Crippen molar-refractivity contribution in [3.05, 3.63) is 0 Å². The van der Waals surface area contributed by atoms with Crippen LogP contribution in [0.2, 0.25) is 0 Å². The lowest BCUT2D eigenvalue weighted by atomic mass is 10.0. The van der Waals surface area contributed by atoms with Gasteiger partial charge in [0.25, 0.3) is 0 Å². The zero-order chi connectivity index (χ0) is 39.2. The number of unbranched alkanes of at least 4 members (excludes halogenated alkanes) is 20. The van der Waals surface area contributed by atoms with Crippen LogP contribution in [-0.2, 0) is 28.6 Å². The molecule has 318 valence electrons. The number of esters is 2. The van der Waals surface area contributed by atoms with Gasteiger partial charge in [0.1, 0.15) is 6.10 Å². The average molecular weight is 783 g/mol. The van der Waals surface area contributed by atoms with E-state index < -0.39 is 5.92 Å². The first-order chi connectivity index (χ1) is 26.5. The highest BCUT2D eigenvalue weighted by Gasteiger charge is 2.26. The molecular weight excluding hydrogens is 697 g/mol. The second-order valence-electron chi connectivity index (χ2n) is 15.8. The molecule has 9 heteroatoms. The number of ether oxygens (including phenoxy) is 3. The molecule has 0 spiro atoms. The third-order valence-electron chi connectivity index (χ3n) is 10.7. The molecule has 1 aliphatic rings. The summed E-state index contributed by atoms with van der Waals surface area (Å²) in [5, 5.41) is 3.06. The zero-order valence-corrected chi connectivity index (χ0v) is 36.4. The maximum Gasteiger partial charge on any atom is 0.310 e. The van der Waals surface area contributed by atoms with E-state index in [1.807, 2.05) is 0 Å². The summed E-state index contributed by atoms with van der Waals surface area (Å²) >= 11 is 1.55. The minimum Gasteiger partial charge on any atom is -0.466 e. The highest BCUT2D eigenvalue weighted by atomic mass is 32.2. The lowest BCUT2D eigenvalue weighted by molar-refractivity contribution is -0.155. The van der Waals surface area contributed by atoms with Gasteiger partial charge in [-0.2, -0.15) is 11.8 Å². The minimum absolute atomic E-state index is 0.0931. The molecule has 0 aromatic rings. The molecule has 54 heavy (non-hydrogen) atoms. The van der Waals surface area contributed by atoms with Crippen LogP contribution < -0.4 is 5.32 Å². The van der Waals surface area contributed by atoms with Crippen LogP contribution in [0.5, 0.6) is 0 Å². The predicted molar refractivity (Wildman–Crippen MR) is 228 cm³/mol. The van der Waals surface area contributed by atoms with Crippen molar-refractivity contribution in [3.8, 4) is 0 Å². The Morgan fingerprint density at radius 1 is 0.667 bits per heavy atom. The first-order valence-corrected chi connectivity index (χ1v) is 24.2. The largest absolute Gasteiger partial charge is 0.466 e. The Kier molecular flexibility index (Phi) is 36.2. The monoisotopic (exact) mass is 783 g/mol. The molecule has 0 saturated carbocycles. The Morgan fingerprint density at radius 2 is 1.17 bits per heavy atom. The van der Waals surface area contributed by atoms with Crippen molar-refractivity contribution in [2.24, 2.45) is 5.92 Å². The number of thioether (sulfide) groups is 1. The van der Waals surface area contributed by atoms with E-state index in [-0.39, 0.29) is 30.4 Å². The summed E-state index contributed by atoms with van der Waals surface area (Å²) in [5.74, 6) is -0.0302. The van der Waals surface area contributed by atoms with Crippen LogP contribution in [-0.4, -0.2) is 86.4 Å². The normalized spacial score (nSPS) is 14.0. The SMILES string of the molecule is CCCCCCCCCCCCCOC(=O)CCSCC(CC(=O)NCCCN1CCOCC1)C(=O)OC(CCCCCCCC)CCCCCCCC. The van der Waals surface area contributed by atoms with Crippen LogP contribution in [0.25, 0.3) is 0 Å². The summed E-state index contributed by atoms with van der Waals surface area (Å²) in [6, 6.07) is 0. The van der Waals surface area contributed by atoms with E-state index in [1.165, 1.54) is 122 Å². The number of hydrogen-bond donors (Lipinski definition) is 1. The molecule has 1 N–H and O–H groups in total. The second-order valence-corrected chi connectivity index (χ2v) is 17.0. The summed E-state index contributed by atoms with van der Waals surface area (Å²) in [6.45, 7) is 12.2. The summed E-state index contributed by atoms with van der Waals surface area (Å²) in [4.78, 5) is 41.6. The Bertz CT molecular complexity index is 855. The fourth-order valence-corrected chi connectivity index (χ4v) is 8.11. The van der Waals surface area contributed by atoms with Gasteiger partial charge in [-0.25, -0.2) is 0 Å². The summed E-state index contributed by atoms with van der Waals surface area (Å²) in [6.07, 6.45) is 31.5. The molecule has 1 fully saturated rings. The molecular formula is C45H86N2O6S. The third-order valence-corrected chi connectivity index (χ3v) is 11.8. The number of carbonyl (C=O) groups excluding carboxylic acids is 3. The van der Waals surface area contributed by atoms with Crippen molar-refractivity contribution in [2.75, 3.05) is 57.5 Å². The summed E-state index contributed by atoms with van der Waals surface area (Å²) in [5.41, 5.74) is 0. The number of morpholine rings is 1. The van der Waals surface area contributed by atoms with Gasteiger partial charge < -0.3 is 19.5 Å². The number of carbonyl (C=O) groups is 3. The van der Waals surface area contributed by atoms with Crippen molar-refractivity contribution < 1.29 is 28.6 Å². The van der Waals surface area contributed by atoms with Crippen LogP contribution in [0.1, 0.15) is 201 Å². The van der Waals surface area contributed by atoms with Gasteiger partial charge in [0.05, 0.1) is 32.2 Å². The predicted octanol–water partition coefficient (Wildman–Crippen LogP) is 11.2. The van der Waals surface area contributed by atoms with E-state index in [2.05, 4.69) is 31.0 Å². The molecule has 0 aromatic heterocycles. The van der Waals surface area contributed by atoms with Gasteiger partial charge in [-0.3, -0.25) is 19.3 Å². The topological polar surface area (TPSA) is 94.2 Å². The Hall–Kier alpha value is -1.32. The van der Waals surface area contributed by atoms with Crippen molar-refractivity contribution in [1.82, 2.24) is 10.2 Å². The highest BCUT2D eigenvalue weighted by Crippen LogP contribution is 2.22. The van der Waals surface area contributed by atoms with Gasteiger partial charge in [-0.15, -0.1) is 0 Å². The van der Waals surface area contributed by atoms with E-state index in [4.69, 9.17) is 14.2 Å². The third kappa shape index (κ3) is 31.8. The highest BCUT2D eigenvalue weighted by molar-refractivity contribution is 7.99. The molecule has 1 atom stereocenters. The Balaban J connectivity index is 2.54. The lowest BCUT2D eigenvalue weighted by Crippen LogP contribution is -2.38. The maximum atomic E-state index is 13.7. The molecule has 0 aromatic carbocycles. The van der Waals surface area contributed by atoms with Crippen molar-refractivity contribution >= 4 is 29.6 Å². The van der Waals surface area contributed by atoms with Crippen LogP contribution in [0, 0.1) is 5.92 Å². The van der Waals surface area contributed by atoms with Crippen LogP contribution in [0.15, 0.2) is 0 Å². The van der Waals surface area contributed by atoms with Gasteiger partial charge in [0.15, 0.2) is 0 Å². The molecule has 1 unspecified atom stereocenters. The fourth-order valence-electron chi connectivity index (χ4n) is 7.09. The molecule has 1 saturated heterocycles. The van der Waals surface area contributed by atoms with Crippen LogP contribution in [0.4, 0.5) is 0 Å². The standard InChI is InChI=1S/C45H86N2O6S/c1-4-7-10-13-16-17-18-19-20-23-26-35-52-44(49)30-38-54-40-41(39-43(48)46-31-27-32-47-33-36-51-37-34-47)45(50)53-42(28-24-21-14-11-8-5-2)29-25-22-15-12-9-6-3/h41-42H,4-40H2,1-3H3,(H,46,48). The molecule has 0 bridgehead atoms. The van der Waals surface area contributed by atoms with Crippen LogP contribution in [0.3, 0.4) is 0 Å². The molecule has 8 nitrogen and oxygen atoms in total. The van der Waals surface area contributed by atoms with Gasteiger partial charge in [0, 0.05) is 37.6 Å². The Morgan fingerprint density at radius 3 is 1.70 bits per heavy atom. The number of rotatable bonds is 39. The second kappa shape index (κ2) is 38.5. The summed E-state index contributed by atoms with van der Waals surface area (Å²) in [7, 11) is 0. The first-order valence-electron chi connectivity index (χ1n) is 23.0. The number of hydrogen-bond acceptors (Lipinski definition) is 8. The van der Waals surface area contributed by atoms with Gasteiger partial charge in [-0.1, -0.05) is 149 Å². The molecule has 1 heterocycles. The van der Waals surface area contributed by atoms with E-state index in [0.29, 0.717) is 31.1 Å². The van der Waals surface area contributed by atoms with E-state index in [1.54, 1.807) is 11.8 Å². The molecule has 0 radical (unpaired) electrons. The minimum atomic E-state index is -0.529. The van der Waals surface area contributed by atoms with E-state index >= 15 is 0 Å². The average Bonchev–Trinajstić information content (AvgIpc) is 3.17. The van der Waals surface area contributed by atoms with E-state index in [9.17, 15) is 14.4 Å². The van der Waals surface area contributed by atoms with Gasteiger partial charge in [0.2, 0.25) is 5.91 Å². The smallest absolute Gasteiger partial charge is 0.310 e. The zero-order valence-electron chi connectivity index (χ0n) is 35.6.